The Morgan fingerprint density at radius 3 is 2.71 bits per heavy atom. The van der Waals surface area contributed by atoms with Gasteiger partial charge in [-0.05, 0) is 26.9 Å². The topological polar surface area (TPSA) is 97.3 Å². The van der Waals surface area contributed by atoms with Crippen LogP contribution in [0.15, 0.2) is 4.52 Å². The van der Waals surface area contributed by atoms with E-state index in [0.717, 1.165) is 25.7 Å². The van der Waals surface area contributed by atoms with Crippen molar-refractivity contribution in [3.05, 3.63) is 11.7 Å². The van der Waals surface area contributed by atoms with Crippen molar-refractivity contribution in [2.24, 2.45) is 11.7 Å². The normalized spacial score (nSPS) is 18.9. The molecule has 7 nitrogen and oxygen atoms in total. The minimum Gasteiger partial charge on any atom is -0.343 e. The number of rotatable bonds is 6. The standard InChI is InChI=1S/C14H25N5O2/c1-10(8-15)12(20)17-14(6-4-5-7-14)13-16-11(21-18-13)9-19(2)3/h10H,4-9,15H2,1-3H3,(H,17,20). The van der Waals surface area contributed by atoms with Gasteiger partial charge in [0.05, 0.1) is 6.54 Å². The van der Waals surface area contributed by atoms with Crippen molar-refractivity contribution >= 4 is 5.91 Å². The summed E-state index contributed by atoms with van der Waals surface area (Å²) in [7, 11) is 3.89. The predicted octanol–water partition coefficient (Wildman–Crippen LogP) is 0.612. The zero-order valence-corrected chi connectivity index (χ0v) is 13.1. The SMILES string of the molecule is CC(CN)C(=O)NC1(c2noc(CN(C)C)n2)CCCC1. The van der Waals surface area contributed by atoms with Crippen molar-refractivity contribution in [2.75, 3.05) is 20.6 Å². The van der Waals surface area contributed by atoms with Crippen molar-refractivity contribution in [3.8, 4) is 0 Å². The molecular formula is C14H25N5O2. The first-order valence-electron chi connectivity index (χ1n) is 7.47. The van der Waals surface area contributed by atoms with Gasteiger partial charge in [0.2, 0.25) is 11.8 Å². The third kappa shape index (κ3) is 3.59. The Morgan fingerprint density at radius 2 is 2.14 bits per heavy atom. The third-order valence-corrected chi connectivity index (χ3v) is 3.97. The van der Waals surface area contributed by atoms with Crippen molar-refractivity contribution in [3.63, 3.8) is 0 Å². The highest BCUT2D eigenvalue weighted by molar-refractivity contribution is 5.79. The Morgan fingerprint density at radius 1 is 1.48 bits per heavy atom. The average molecular weight is 295 g/mol. The summed E-state index contributed by atoms with van der Waals surface area (Å²) in [5.74, 6) is 0.908. The maximum Gasteiger partial charge on any atom is 0.240 e. The van der Waals surface area contributed by atoms with Crippen molar-refractivity contribution in [1.82, 2.24) is 20.4 Å². The Kier molecular flexibility index (Phi) is 4.95. The summed E-state index contributed by atoms with van der Waals surface area (Å²) in [5, 5.41) is 7.21. The van der Waals surface area contributed by atoms with E-state index in [2.05, 4.69) is 15.5 Å². The summed E-state index contributed by atoms with van der Waals surface area (Å²) in [6, 6.07) is 0. The zero-order valence-electron chi connectivity index (χ0n) is 13.1. The Labute approximate surface area is 125 Å². The molecule has 1 fully saturated rings. The lowest BCUT2D eigenvalue weighted by Crippen LogP contribution is -2.47. The second-order valence-electron chi connectivity index (χ2n) is 6.16. The van der Waals surface area contributed by atoms with Gasteiger partial charge in [-0.2, -0.15) is 4.98 Å². The van der Waals surface area contributed by atoms with E-state index < -0.39 is 5.54 Å². The predicted molar refractivity (Wildman–Crippen MR) is 78.2 cm³/mol. The number of nitrogens with two attached hydrogens (primary N) is 1. The molecule has 1 aliphatic rings. The summed E-state index contributed by atoms with van der Waals surface area (Å²) in [6.07, 6.45) is 3.79. The number of nitrogens with one attached hydrogen (secondary N) is 1. The first kappa shape index (κ1) is 15.9. The van der Waals surface area contributed by atoms with Gasteiger partial charge in [-0.3, -0.25) is 4.79 Å². The Balaban J connectivity index is 2.18. The van der Waals surface area contributed by atoms with E-state index in [-0.39, 0.29) is 11.8 Å². The fourth-order valence-electron chi connectivity index (χ4n) is 2.63. The van der Waals surface area contributed by atoms with Crippen LogP contribution in [0, 0.1) is 5.92 Å². The quantitative estimate of drug-likeness (QED) is 0.798. The lowest BCUT2D eigenvalue weighted by atomic mass is 9.95. The molecule has 21 heavy (non-hydrogen) atoms. The average Bonchev–Trinajstić information content (AvgIpc) is 3.07. The highest BCUT2D eigenvalue weighted by Gasteiger charge is 2.41. The number of amides is 1. The lowest BCUT2D eigenvalue weighted by Gasteiger charge is -2.28. The first-order valence-corrected chi connectivity index (χ1v) is 7.47. The van der Waals surface area contributed by atoms with Gasteiger partial charge in [0.1, 0.15) is 5.54 Å². The molecule has 0 aromatic carbocycles. The molecule has 0 radical (unpaired) electrons. The van der Waals surface area contributed by atoms with Crippen LogP contribution in [-0.4, -0.2) is 41.6 Å². The van der Waals surface area contributed by atoms with Crippen molar-refractivity contribution < 1.29 is 9.32 Å². The number of aromatic nitrogens is 2. The van der Waals surface area contributed by atoms with Gasteiger partial charge in [0, 0.05) is 12.5 Å². The van der Waals surface area contributed by atoms with Gasteiger partial charge in [-0.1, -0.05) is 24.9 Å². The first-order chi connectivity index (χ1) is 9.97. The molecule has 1 amide bonds. The highest BCUT2D eigenvalue weighted by atomic mass is 16.5. The molecule has 3 N–H and O–H groups in total. The molecule has 1 atom stereocenters. The molecule has 0 bridgehead atoms. The molecule has 0 aliphatic heterocycles. The third-order valence-electron chi connectivity index (χ3n) is 3.97. The van der Waals surface area contributed by atoms with E-state index >= 15 is 0 Å². The monoisotopic (exact) mass is 295 g/mol. The summed E-state index contributed by atoms with van der Waals surface area (Å²) in [5.41, 5.74) is 5.08. The van der Waals surface area contributed by atoms with E-state index in [1.165, 1.54) is 0 Å². The van der Waals surface area contributed by atoms with Gasteiger partial charge in [0.25, 0.3) is 0 Å². The number of carbonyl (C=O) groups excluding carboxylic acids is 1. The van der Waals surface area contributed by atoms with Crippen LogP contribution in [0.3, 0.4) is 0 Å². The largest absolute Gasteiger partial charge is 0.343 e. The number of nitrogens with zero attached hydrogens (tertiary/aromatic N) is 3. The van der Waals surface area contributed by atoms with Gasteiger partial charge in [-0.15, -0.1) is 0 Å². The number of hydrogen-bond donors (Lipinski definition) is 2. The fourth-order valence-corrected chi connectivity index (χ4v) is 2.63. The second kappa shape index (κ2) is 6.53. The van der Waals surface area contributed by atoms with Crippen molar-refractivity contribution in [2.45, 2.75) is 44.7 Å². The van der Waals surface area contributed by atoms with Crippen LogP contribution >= 0.6 is 0 Å². The van der Waals surface area contributed by atoms with Crippen LogP contribution in [0.25, 0.3) is 0 Å². The molecule has 1 aliphatic carbocycles. The van der Waals surface area contributed by atoms with Crippen LogP contribution in [0.4, 0.5) is 0 Å². The van der Waals surface area contributed by atoms with Crippen molar-refractivity contribution in [1.29, 1.82) is 0 Å². The smallest absolute Gasteiger partial charge is 0.240 e. The molecule has 7 heteroatoms. The molecule has 2 rings (SSSR count). The maximum absolute atomic E-state index is 12.2. The molecule has 0 saturated heterocycles. The molecule has 1 aromatic heterocycles. The Bertz CT molecular complexity index is 479. The summed E-state index contributed by atoms with van der Waals surface area (Å²) in [6.45, 7) is 2.75. The molecule has 1 heterocycles. The minimum atomic E-state index is -0.491. The van der Waals surface area contributed by atoms with Crippen LogP contribution in [-0.2, 0) is 16.9 Å². The van der Waals surface area contributed by atoms with E-state index in [1.54, 1.807) is 0 Å². The van der Waals surface area contributed by atoms with Gasteiger partial charge in [0.15, 0.2) is 5.82 Å². The summed E-state index contributed by atoms with van der Waals surface area (Å²) in [4.78, 5) is 18.7. The van der Waals surface area contributed by atoms with E-state index in [4.69, 9.17) is 10.3 Å². The second-order valence-corrected chi connectivity index (χ2v) is 6.16. The van der Waals surface area contributed by atoms with E-state index in [0.29, 0.717) is 24.8 Å². The summed E-state index contributed by atoms with van der Waals surface area (Å²) < 4.78 is 5.30. The highest BCUT2D eigenvalue weighted by Crippen LogP contribution is 2.37. The van der Waals surface area contributed by atoms with Gasteiger partial charge >= 0.3 is 0 Å². The van der Waals surface area contributed by atoms with Crippen LogP contribution < -0.4 is 11.1 Å². The van der Waals surface area contributed by atoms with E-state index in [1.807, 2.05) is 25.9 Å². The zero-order chi connectivity index (χ0) is 15.5. The van der Waals surface area contributed by atoms with Crippen LogP contribution in [0.2, 0.25) is 0 Å². The molecule has 0 spiro atoms. The molecule has 118 valence electrons. The molecule has 1 saturated carbocycles. The summed E-state index contributed by atoms with van der Waals surface area (Å²) >= 11 is 0. The van der Waals surface area contributed by atoms with Crippen LogP contribution in [0.5, 0.6) is 0 Å². The maximum atomic E-state index is 12.2. The fraction of sp³-hybridized carbons (Fsp3) is 0.786. The van der Waals surface area contributed by atoms with Gasteiger partial charge in [-0.25, -0.2) is 0 Å². The molecular weight excluding hydrogens is 270 g/mol. The lowest BCUT2D eigenvalue weighted by molar-refractivity contribution is -0.126. The Hall–Kier alpha value is -1.47. The van der Waals surface area contributed by atoms with E-state index in [9.17, 15) is 4.79 Å². The number of hydrogen-bond acceptors (Lipinski definition) is 6. The van der Waals surface area contributed by atoms with Gasteiger partial charge < -0.3 is 20.5 Å². The number of carbonyl (C=O) groups is 1. The molecule has 1 aromatic rings. The van der Waals surface area contributed by atoms with Crippen LogP contribution in [0.1, 0.15) is 44.3 Å². The minimum absolute atomic E-state index is 0.0432. The molecule has 1 unspecified atom stereocenters.